The van der Waals surface area contributed by atoms with Crippen LogP contribution in [0.5, 0.6) is 0 Å². The largest absolute Gasteiger partial charge is 0.389 e. The molecule has 2 aliphatic carbocycles. The van der Waals surface area contributed by atoms with Crippen LogP contribution in [0, 0.1) is 6.92 Å². The second-order valence-corrected chi connectivity index (χ2v) is 11.9. The molecule has 0 saturated heterocycles. The maximum Gasteiger partial charge on any atom is 0.251 e. The Balaban J connectivity index is 1.49. The van der Waals surface area contributed by atoms with E-state index in [-0.39, 0.29) is 5.91 Å². The predicted molar refractivity (Wildman–Crippen MR) is 141 cm³/mol. The molecular formula is C27H35N5O2S. The number of aromatic nitrogens is 3. The van der Waals surface area contributed by atoms with Gasteiger partial charge in [-0.15, -0.1) is 11.8 Å². The molecule has 7 nitrogen and oxygen atoms in total. The molecule has 1 amide bonds. The molecule has 2 aliphatic rings. The maximum absolute atomic E-state index is 12.6. The summed E-state index contributed by atoms with van der Waals surface area (Å²) in [4.78, 5) is 17.3. The third kappa shape index (κ3) is 5.81. The number of thioether (sulfide) groups is 1. The molecule has 2 aromatic heterocycles. The van der Waals surface area contributed by atoms with Gasteiger partial charge in [-0.05, 0) is 70.2 Å². The van der Waals surface area contributed by atoms with Crippen LogP contribution in [0.15, 0.2) is 35.5 Å². The van der Waals surface area contributed by atoms with Crippen molar-refractivity contribution in [2.75, 3.05) is 11.9 Å². The molecule has 1 aromatic carbocycles. The van der Waals surface area contributed by atoms with E-state index < -0.39 is 5.60 Å². The van der Waals surface area contributed by atoms with Crippen molar-refractivity contribution in [2.45, 2.75) is 87.6 Å². The molecule has 186 valence electrons. The lowest BCUT2D eigenvalue weighted by atomic mass is 10.0. The van der Waals surface area contributed by atoms with Crippen molar-refractivity contribution in [1.82, 2.24) is 19.9 Å². The first-order valence-corrected chi connectivity index (χ1v) is 13.6. The van der Waals surface area contributed by atoms with Gasteiger partial charge in [-0.2, -0.15) is 5.10 Å². The number of fused-ring (bicyclic) bond motifs is 1. The van der Waals surface area contributed by atoms with E-state index >= 15 is 0 Å². The van der Waals surface area contributed by atoms with Gasteiger partial charge in [0, 0.05) is 29.0 Å². The van der Waals surface area contributed by atoms with Crippen LogP contribution in [0.3, 0.4) is 0 Å². The van der Waals surface area contributed by atoms with Crippen molar-refractivity contribution < 1.29 is 9.90 Å². The molecule has 0 radical (unpaired) electrons. The summed E-state index contributed by atoms with van der Waals surface area (Å²) in [6.07, 6.45) is 10.3. The highest BCUT2D eigenvalue weighted by atomic mass is 32.2. The molecule has 2 fully saturated rings. The third-order valence-corrected chi connectivity index (χ3v) is 7.92. The van der Waals surface area contributed by atoms with E-state index in [2.05, 4.69) is 21.7 Å². The first-order valence-electron chi connectivity index (χ1n) is 12.7. The summed E-state index contributed by atoms with van der Waals surface area (Å²) < 4.78 is 1.90. The molecule has 2 heterocycles. The van der Waals surface area contributed by atoms with E-state index in [1.54, 1.807) is 13.8 Å². The van der Waals surface area contributed by atoms with Gasteiger partial charge in [0.25, 0.3) is 5.91 Å². The maximum atomic E-state index is 12.6. The number of hydrogen-bond acceptors (Lipinski definition) is 6. The zero-order chi connectivity index (χ0) is 24.6. The minimum Gasteiger partial charge on any atom is -0.389 e. The summed E-state index contributed by atoms with van der Waals surface area (Å²) >= 11 is 1.84. The van der Waals surface area contributed by atoms with E-state index in [0.29, 0.717) is 23.4 Å². The van der Waals surface area contributed by atoms with Crippen LogP contribution in [-0.4, -0.2) is 49.0 Å². The molecule has 35 heavy (non-hydrogen) atoms. The van der Waals surface area contributed by atoms with Gasteiger partial charge < -0.3 is 15.7 Å². The minimum absolute atomic E-state index is 0.00269. The van der Waals surface area contributed by atoms with Crippen molar-refractivity contribution in [3.8, 4) is 11.3 Å². The minimum atomic E-state index is -0.847. The summed E-state index contributed by atoms with van der Waals surface area (Å²) in [6.45, 7) is 5.96. The van der Waals surface area contributed by atoms with Gasteiger partial charge in [-0.1, -0.05) is 25.3 Å². The van der Waals surface area contributed by atoms with Gasteiger partial charge in [0.1, 0.15) is 5.03 Å². The van der Waals surface area contributed by atoms with E-state index in [4.69, 9.17) is 5.10 Å². The Bertz CT molecular complexity index is 1220. The van der Waals surface area contributed by atoms with Crippen LogP contribution in [0.25, 0.3) is 16.9 Å². The zero-order valence-corrected chi connectivity index (χ0v) is 21.6. The molecular weight excluding hydrogens is 458 g/mol. The number of amides is 1. The number of nitrogens with one attached hydrogen (secondary N) is 2. The Morgan fingerprint density at radius 2 is 1.94 bits per heavy atom. The highest BCUT2D eigenvalue weighted by molar-refractivity contribution is 7.99. The average molecular weight is 494 g/mol. The van der Waals surface area contributed by atoms with E-state index in [9.17, 15) is 9.90 Å². The summed E-state index contributed by atoms with van der Waals surface area (Å²) in [7, 11) is 0. The van der Waals surface area contributed by atoms with Crippen LogP contribution < -0.4 is 10.6 Å². The van der Waals surface area contributed by atoms with Gasteiger partial charge in [0.05, 0.1) is 23.2 Å². The van der Waals surface area contributed by atoms with Crippen molar-refractivity contribution in [2.24, 2.45) is 0 Å². The van der Waals surface area contributed by atoms with Crippen LogP contribution in [0.1, 0.15) is 74.7 Å². The lowest BCUT2D eigenvalue weighted by Crippen LogP contribution is -2.29. The van der Waals surface area contributed by atoms with Crippen LogP contribution >= 0.6 is 11.8 Å². The number of hydrogen-bond donors (Lipinski definition) is 3. The molecule has 3 aromatic rings. The molecule has 0 atom stereocenters. The number of aliphatic hydroxyl groups is 1. The Hall–Kier alpha value is -2.58. The zero-order valence-electron chi connectivity index (χ0n) is 20.8. The van der Waals surface area contributed by atoms with Gasteiger partial charge in [-0.3, -0.25) is 4.79 Å². The summed E-state index contributed by atoms with van der Waals surface area (Å²) in [5.74, 6) is -0.00269. The highest BCUT2D eigenvalue weighted by Crippen LogP contribution is 2.35. The van der Waals surface area contributed by atoms with Crippen molar-refractivity contribution in [3.63, 3.8) is 0 Å². The quantitative estimate of drug-likeness (QED) is 0.399. The number of anilines is 1. The Morgan fingerprint density at radius 3 is 2.63 bits per heavy atom. The normalized spacial score (nSPS) is 17.0. The van der Waals surface area contributed by atoms with Crippen molar-refractivity contribution in [3.05, 3.63) is 41.6 Å². The summed E-state index contributed by atoms with van der Waals surface area (Å²) in [6, 6.07) is 8.31. The van der Waals surface area contributed by atoms with E-state index in [1.165, 1.54) is 32.1 Å². The highest BCUT2D eigenvalue weighted by Gasteiger charge is 2.25. The van der Waals surface area contributed by atoms with Gasteiger partial charge in [0.2, 0.25) is 0 Å². The lowest BCUT2D eigenvalue weighted by molar-refractivity contribution is 0.0940. The van der Waals surface area contributed by atoms with Crippen LogP contribution in [-0.2, 0) is 0 Å². The number of aryl methyl sites for hydroxylation is 1. The Morgan fingerprint density at radius 1 is 1.17 bits per heavy atom. The average Bonchev–Trinajstić information content (AvgIpc) is 3.53. The molecule has 0 spiro atoms. The van der Waals surface area contributed by atoms with Gasteiger partial charge in [-0.25, -0.2) is 9.50 Å². The first-order chi connectivity index (χ1) is 16.8. The van der Waals surface area contributed by atoms with Gasteiger partial charge >= 0.3 is 0 Å². The van der Waals surface area contributed by atoms with E-state index in [1.807, 2.05) is 47.6 Å². The van der Waals surface area contributed by atoms with Crippen molar-refractivity contribution >= 4 is 29.0 Å². The molecule has 0 bridgehead atoms. The molecule has 3 N–H and O–H groups in total. The number of benzene rings is 1. The number of imidazole rings is 1. The monoisotopic (exact) mass is 493 g/mol. The summed E-state index contributed by atoms with van der Waals surface area (Å²) in [5, 5.41) is 23.3. The summed E-state index contributed by atoms with van der Waals surface area (Å²) in [5.41, 5.74) is 4.25. The fraction of sp³-hybridized carbons (Fsp3) is 0.519. The molecule has 5 rings (SSSR count). The second kappa shape index (κ2) is 9.82. The molecule has 8 heteroatoms. The molecule has 2 saturated carbocycles. The van der Waals surface area contributed by atoms with Crippen molar-refractivity contribution in [1.29, 1.82) is 0 Å². The fourth-order valence-corrected chi connectivity index (χ4v) is 5.79. The van der Waals surface area contributed by atoms with Crippen LogP contribution in [0.2, 0.25) is 0 Å². The number of carbonyl (C=O) groups excluding carboxylic acids is 1. The third-order valence-electron chi connectivity index (χ3n) is 6.68. The lowest BCUT2D eigenvalue weighted by Gasteiger charge is -2.22. The van der Waals surface area contributed by atoms with Crippen LogP contribution in [0.4, 0.5) is 5.69 Å². The van der Waals surface area contributed by atoms with Gasteiger partial charge in [0.15, 0.2) is 5.65 Å². The Kier molecular flexibility index (Phi) is 6.77. The number of nitrogens with zero attached hydrogens (tertiary/aromatic N) is 3. The number of rotatable bonds is 8. The second-order valence-electron chi connectivity index (χ2n) is 10.6. The smallest absolute Gasteiger partial charge is 0.251 e. The SMILES string of the molecule is Cc1cc(-c2cnc3c(NCC(C)(C)O)cc(SC4CCCCC4)nn23)ccc1C(=O)NC1CC1. The first kappa shape index (κ1) is 24.1. The van der Waals surface area contributed by atoms with E-state index in [0.717, 1.165) is 46.0 Å². The molecule has 0 aliphatic heterocycles. The number of carbonyl (C=O) groups is 1. The standard InChI is InChI=1S/C27H35N5O2S/c1-17-13-18(9-12-21(17)26(33)30-19-10-11-19)23-15-28-25-22(29-16-27(2,3)34)14-24(31-32(23)25)35-20-7-5-4-6-8-20/h9,12-15,19-20,29,34H,4-8,10-11,16H2,1-3H3,(H,30,33). The topological polar surface area (TPSA) is 91.6 Å². The fourth-order valence-electron chi connectivity index (χ4n) is 4.56. The molecule has 0 unspecified atom stereocenters. The predicted octanol–water partition coefficient (Wildman–Crippen LogP) is 5.20. The Labute approximate surface area is 211 Å².